The first kappa shape index (κ1) is 13.2. The second-order valence-corrected chi connectivity index (χ2v) is 5.47. The Kier molecular flexibility index (Phi) is 3.53. The first-order chi connectivity index (χ1) is 9.67. The predicted molar refractivity (Wildman–Crippen MR) is 73.5 cm³/mol. The first-order valence-corrected chi connectivity index (χ1v) is 6.97. The summed E-state index contributed by atoms with van der Waals surface area (Å²) in [7, 11) is 1.53. The van der Waals surface area contributed by atoms with Crippen molar-refractivity contribution in [3.05, 3.63) is 23.8 Å². The van der Waals surface area contributed by atoms with Gasteiger partial charge in [-0.2, -0.15) is 0 Å². The molecule has 1 N–H and O–H groups in total. The molecule has 0 spiro atoms. The van der Waals surface area contributed by atoms with Gasteiger partial charge in [-0.15, -0.1) is 0 Å². The minimum atomic E-state index is -0.960. The summed E-state index contributed by atoms with van der Waals surface area (Å²) in [6.45, 7) is 3.29. The van der Waals surface area contributed by atoms with Crippen LogP contribution in [0.25, 0.3) is 0 Å². The summed E-state index contributed by atoms with van der Waals surface area (Å²) in [4.78, 5) is 13.4. The van der Waals surface area contributed by atoms with Crippen molar-refractivity contribution in [1.29, 1.82) is 0 Å². The molecule has 0 aliphatic carbocycles. The number of fused-ring (bicyclic) bond motifs is 3. The zero-order valence-corrected chi connectivity index (χ0v) is 11.5. The van der Waals surface area contributed by atoms with E-state index in [-0.39, 0.29) is 11.7 Å². The third-order valence-electron chi connectivity index (χ3n) is 4.29. The van der Waals surface area contributed by atoms with E-state index in [2.05, 4.69) is 4.90 Å². The number of carbonyl (C=O) groups is 1. The fourth-order valence-electron chi connectivity index (χ4n) is 3.11. The lowest BCUT2D eigenvalue weighted by molar-refractivity contribution is -0.00884. The van der Waals surface area contributed by atoms with Gasteiger partial charge in [0.15, 0.2) is 11.5 Å². The molecular formula is C15H19NO4. The summed E-state index contributed by atoms with van der Waals surface area (Å²) in [5, 5.41) is 9.00. The molecule has 3 fully saturated rings. The molecule has 3 aliphatic heterocycles. The average Bonchev–Trinajstić information content (AvgIpc) is 2.48. The van der Waals surface area contributed by atoms with Crippen LogP contribution < -0.4 is 9.47 Å². The molecule has 0 amide bonds. The van der Waals surface area contributed by atoms with Crippen LogP contribution in [0.4, 0.5) is 0 Å². The van der Waals surface area contributed by atoms with Gasteiger partial charge in [0.2, 0.25) is 0 Å². The molecule has 1 aromatic carbocycles. The second kappa shape index (κ2) is 5.32. The number of piperidine rings is 3. The maximum Gasteiger partial charge on any atom is 0.335 e. The predicted octanol–water partition coefficient (Wildman–Crippen LogP) is 1.87. The van der Waals surface area contributed by atoms with Gasteiger partial charge < -0.3 is 14.6 Å². The van der Waals surface area contributed by atoms with Crippen molar-refractivity contribution in [2.75, 3.05) is 26.7 Å². The summed E-state index contributed by atoms with van der Waals surface area (Å²) in [6.07, 6.45) is 2.54. The monoisotopic (exact) mass is 277 g/mol. The number of hydrogen-bond donors (Lipinski definition) is 1. The number of methoxy groups -OCH3 is 1. The maximum atomic E-state index is 11.0. The van der Waals surface area contributed by atoms with Gasteiger partial charge in [0.1, 0.15) is 6.10 Å². The quantitative estimate of drug-likeness (QED) is 0.910. The zero-order valence-electron chi connectivity index (χ0n) is 11.5. The number of carboxylic acid groups (broad SMARTS) is 1. The Labute approximate surface area is 118 Å². The summed E-state index contributed by atoms with van der Waals surface area (Å²) >= 11 is 0. The SMILES string of the molecule is COc1cc(C(=O)O)ccc1OC1CN2CCC1CC2. The van der Waals surface area contributed by atoms with Crippen LogP contribution in [0.1, 0.15) is 23.2 Å². The average molecular weight is 277 g/mol. The van der Waals surface area contributed by atoms with Crippen molar-refractivity contribution in [2.45, 2.75) is 18.9 Å². The van der Waals surface area contributed by atoms with Crippen LogP contribution in [-0.4, -0.2) is 48.8 Å². The molecule has 2 bridgehead atoms. The molecule has 108 valence electrons. The molecule has 5 heteroatoms. The highest BCUT2D eigenvalue weighted by Crippen LogP contribution is 2.34. The van der Waals surface area contributed by atoms with E-state index in [0.29, 0.717) is 17.4 Å². The smallest absolute Gasteiger partial charge is 0.335 e. The Morgan fingerprint density at radius 1 is 1.30 bits per heavy atom. The molecule has 0 saturated carbocycles. The highest BCUT2D eigenvalue weighted by molar-refractivity contribution is 5.88. The summed E-state index contributed by atoms with van der Waals surface area (Å²) in [5.41, 5.74) is 0.211. The molecule has 1 atom stereocenters. The van der Waals surface area contributed by atoms with Crippen LogP contribution in [0, 0.1) is 5.92 Å². The number of rotatable bonds is 4. The Morgan fingerprint density at radius 2 is 2.05 bits per heavy atom. The maximum absolute atomic E-state index is 11.0. The van der Waals surface area contributed by atoms with Crippen LogP contribution in [-0.2, 0) is 0 Å². The van der Waals surface area contributed by atoms with Gasteiger partial charge >= 0.3 is 5.97 Å². The van der Waals surface area contributed by atoms with Crippen molar-refractivity contribution in [3.8, 4) is 11.5 Å². The van der Waals surface area contributed by atoms with Gasteiger partial charge in [0, 0.05) is 6.54 Å². The summed E-state index contributed by atoms with van der Waals surface area (Å²) in [6, 6.07) is 4.76. The molecule has 3 aliphatic rings. The van der Waals surface area contributed by atoms with Gasteiger partial charge in [0.05, 0.1) is 12.7 Å². The number of nitrogens with zero attached hydrogens (tertiary/aromatic N) is 1. The Balaban J connectivity index is 1.78. The molecule has 0 radical (unpaired) electrons. The second-order valence-electron chi connectivity index (χ2n) is 5.47. The summed E-state index contributed by atoms with van der Waals surface area (Å²) < 4.78 is 11.3. The van der Waals surface area contributed by atoms with Gasteiger partial charge in [0.25, 0.3) is 0 Å². The lowest BCUT2D eigenvalue weighted by atomic mass is 9.86. The van der Waals surface area contributed by atoms with E-state index >= 15 is 0 Å². The van der Waals surface area contributed by atoms with Gasteiger partial charge in [-0.1, -0.05) is 0 Å². The minimum Gasteiger partial charge on any atom is -0.493 e. The van der Waals surface area contributed by atoms with E-state index in [0.717, 1.165) is 6.54 Å². The number of ether oxygens (including phenoxy) is 2. The van der Waals surface area contributed by atoms with Crippen LogP contribution in [0.15, 0.2) is 18.2 Å². The van der Waals surface area contributed by atoms with Crippen LogP contribution in [0.2, 0.25) is 0 Å². The normalized spacial score (nSPS) is 28.1. The standard InChI is InChI=1S/C15H19NO4/c1-19-13-8-11(15(17)18)2-3-12(13)20-14-9-16-6-4-10(14)5-7-16/h2-3,8,10,14H,4-7,9H2,1H3,(H,17,18). The molecule has 1 unspecified atom stereocenters. The molecular weight excluding hydrogens is 258 g/mol. The Hall–Kier alpha value is -1.75. The van der Waals surface area contributed by atoms with Crippen LogP contribution in [0.3, 0.4) is 0 Å². The highest BCUT2D eigenvalue weighted by Gasteiger charge is 2.35. The number of carboxylic acids is 1. The fourth-order valence-corrected chi connectivity index (χ4v) is 3.11. The number of hydrogen-bond acceptors (Lipinski definition) is 4. The fraction of sp³-hybridized carbons (Fsp3) is 0.533. The van der Waals surface area contributed by atoms with Crippen molar-refractivity contribution in [3.63, 3.8) is 0 Å². The van der Waals surface area contributed by atoms with Gasteiger partial charge in [-0.25, -0.2) is 4.79 Å². The van der Waals surface area contributed by atoms with E-state index < -0.39 is 5.97 Å². The zero-order chi connectivity index (χ0) is 14.1. The minimum absolute atomic E-state index is 0.182. The topological polar surface area (TPSA) is 59.0 Å². The van der Waals surface area contributed by atoms with E-state index in [1.165, 1.54) is 39.1 Å². The largest absolute Gasteiger partial charge is 0.493 e. The van der Waals surface area contributed by atoms with Crippen molar-refractivity contribution >= 4 is 5.97 Å². The van der Waals surface area contributed by atoms with Gasteiger partial charge in [-0.05, 0) is 50.0 Å². The van der Waals surface area contributed by atoms with E-state index in [4.69, 9.17) is 14.6 Å². The third-order valence-corrected chi connectivity index (χ3v) is 4.29. The molecule has 3 heterocycles. The molecule has 3 saturated heterocycles. The molecule has 1 aromatic rings. The summed E-state index contributed by atoms with van der Waals surface area (Å²) in [5.74, 6) is 0.763. The lowest BCUT2D eigenvalue weighted by Gasteiger charge is -2.44. The van der Waals surface area contributed by atoms with Crippen LogP contribution in [0.5, 0.6) is 11.5 Å². The van der Waals surface area contributed by atoms with E-state index in [1.807, 2.05) is 0 Å². The molecule has 5 nitrogen and oxygen atoms in total. The van der Waals surface area contributed by atoms with Gasteiger partial charge in [-0.3, -0.25) is 4.90 Å². The number of benzene rings is 1. The highest BCUT2D eigenvalue weighted by atomic mass is 16.5. The van der Waals surface area contributed by atoms with Crippen molar-refractivity contribution in [1.82, 2.24) is 4.90 Å². The van der Waals surface area contributed by atoms with Crippen molar-refractivity contribution in [2.24, 2.45) is 5.92 Å². The third kappa shape index (κ3) is 2.45. The first-order valence-electron chi connectivity index (χ1n) is 6.97. The van der Waals surface area contributed by atoms with E-state index in [9.17, 15) is 4.79 Å². The van der Waals surface area contributed by atoms with E-state index in [1.54, 1.807) is 12.1 Å². The molecule has 0 aromatic heterocycles. The van der Waals surface area contributed by atoms with Crippen LogP contribution >= 0.6 is 0 Å². The Morgan fingerprint density at radius 3 is 2.60 bits per heavy atom. The Bertz CT molecular complexity index is 509. The van der Waals surface area contributed by atoms with Crippen molar-refractivity contribution < 1.29 is 19.4 Å². The number of aromatic carboxylic acids is 1. The molecule has 4 rings (SSSR count). The molecule has 20 heavy (non-hydrogen) atoms. The lowest BCUT2D eigenvalue weighted by Crippen LogP contribution is -2.52.